The Kier molecular flexibility index (Phi) is 3.22. The van der Waals surface area contributed by atoms with Crippen LogP contribution in [0, 0.1) is 11.6 Å². The maximum absolute atomic E-state index is 13.4. The molecule has 1 heterocycles. The third-order valence-electron chi connectivity index (χ3n) is 2.18. The molecule has 18 heavy (non-hydrogen) atoms. The highest BCUT2D eigenvalue weighted by Gasteiger charge is 2.10. The third kappa shape index (κ3) is 2.45. The molecule has 5 nitrogen and oxygen atoms in total. The molecule has 0 fully saturated rings. The van der Waals surface area contributed by atoms with Gasteiger partial charge >= 0.3 is 0 Å². The number of nitrogens with one attached hydrogen (secondary N) is 1. The minimum atomic E-state index is -0.671. The van der Waals surface area contributed by atoms with E-state index in [9.17, 15) is 8.78 Å². The molecule has 2 rings (SSSR count). The van der Waals surface area contributed by atoms with E-state index in [1.54, 1.807) is 0 Å². The van der Waals surface area contributed by atoms with Crippen molar-refractivity contribution in [2.75, 3.05) is 18.2 Å². The number of anilines is 3. The number of ether oxygens (including phenoxy) is 1. The van der Waals surface area contributed by atoms with Gasteiger partial charge in [0, 0.05) is 6.07 Å². The average Bonchev–Trinajstić information content (AvgIpc) is 2.36. The summed E-state index contributed by atoms with van der Waals surface area (Å²) >= 11 is 0. The van der Waals surface area contributed by atoms with Crippen molar-refractivity contribution in [2.45, 2.75) is 0 Å². The summed E-state index contributed by atoms with van der Waals surface area (Å²) in [6.07, 6.45) is 0.945. The summed E-state index contributed by atoms with van der Waals surface area (Å²) in [6.45, 7) is 0. The van der Waals surface area contributed by atoms with Crippen molar-refractivity contribution in [1.82, 2.24) is 9.97 Å². The molecular formula is C11H10F2N4O. The maximum atomic E-state index is 13.4. The zero-order valence-electron chi connectivity index (χ0n) is 9.45. The van der Waals surface area contributed by atoms with Crippen LogP contribution >= 0.6 is 0 Å². The normalized spacial score (nSPS) is 10.2. The van der Waals surface area contributed by atoms with E-state index in [0.29, 0.717) is 5.69 Å². The second-order valence-electron chi connectivity index (χ2n) is 3.39. The number of benzene rings is 1. The molecule has 7 heteroatoms. The Bertz CT molecular complexity index is 577. The molecule has 0 aliphatic heterocycles. The van der Waals surface area contributed by atoms with E-state index in [1.165, 1.54) is 25.3 Å². The lowest BCUT2D eigenvalue weighted by Crippen LogP contribution is -2.03. The molecule has 0 atom stereocenters. The summed E-state index contributed by atoms with van der Waals surface area (Å²) in [4.78, 5) is 7.20. The molecule has 0 aliphatic carbocycles. The Balaban J connectivity index is 2.36. The molecule has 0 saturated carbocycles. The number of hydrogen-bond acceptors (Lipinski definition) is 5. The lowest BCUT2D eigenvalue weighted by atomic mass is 10.3. The summed E-state index contributed by atoms with van der Waals surface area (Å²) in [6, 6.07) is 3.80. The van der Waals surface area contributed by atoms with Gasteiger partial charge in [0.2, 0.25) is 5.95 Å². The number of halogens is 2. The van der Waals surface area contributed by atoms with Crippen molar-refractivity contribution < 1.29 is 13.5 Å². The van der Waals surface area contributed by atoms with Gasteiger partial charge < -0.3 is 15.8 Å². The SMILES string of the molecule is COc1cc(F)ccc1Nc1nc(N)ncc1F. The van der Waals surface area contributed by atoms with Crippen LogP contribution in [0.25, 0.3) is 0 Å². The van der Waals surface area contributed by atoms with E-state index in [4.69, 9.17) is 10.5 Å². The summed E-state index contributed by atoms with van der Waals surface area (Å²) < 4.78 is 31.4. The Labute approximate surface area is 102 Å². The monoisotopic (exact) mass is 252 g/mol. The summed E-state index contributed by atoms with van der Waals surface area (Å²) in [5.41, 5.74) is 5.73. The molecule has 94 valence electrons. The predicted octanol–water partition coefficient (Wildman–Crippen LogP) is 2.09. The first kappa shape index (κ1) is 12.0. The highest BCUT2D eigenvalue weighted by molar-refractivity contribution is 5.64. The predicted molar refractivity (Wildman–Crippen MR) is 62.6 cm³/mol. The Morgan fingerprint density at radius 1 is 1.33 bits per heavy atom. The smallest absolute Gasteiger partial charge is 0.222 e. The topological polar surface area (TPSA) is 73.1 Å². The van der Waals surface area contributed by atoms with Crippen molar-refractivity contribution in [3.8, 4) is 5.75 Å². The highest BCUT2D eigenvalue weighted by Crippen LogP contribution is 2.28. The molecule has 0 radical (unpaired) electrons. The molecule has 0 unspecified atom stereocenters. The fraction of sp³-hybridized carbons (Fsp3) is 0.0909. The van der Waals surface area contributed by atoms with Gasteiger partial charge in [0.25, 0.3) is 0 Å². The maximum Gasteiger partial charge on any atom is 0.222 e. The van der Waals surface area contributed by atoms with Crippen LogP contribution in [0.5, 0.6) is 5.75 Å². The van der Waals surface area contributed by atoms with E-state index in [0.717, 1.165) is 6.20 Å². The average molecular weight is 252 g/mol. The molecule has 0 amide bonds. The van der Waals surface area contributed by atoms with Crippen LogP contribution in [0.2, 0.25) is 0 Å². The highest BCUT2D eigenvalue weighted by atomic mass is 19.1. The number of nitrogens with two attached hydrogens (primary N) is 1. The van der Waals surface area contributed by atoms with Crippen LogP contribution < -0.4 is 15.8 Å². The molecule has 2 aromatic rings. The van der Waals surface area contributed by atoms with Crippen molar-refractivity contribution >= 4 is 17.5 Å². The van der Waals surface area contributed by atoms with Gasteiger partial charge in [0.1, 0.15) is 11.6 Å². The van der Waals surface area contributed by atoms with E-state index in [1.807, 2.05) is 0 Å². The minimum Gasteiger partial charge on any atom is -0.494 e. The van der Waals surface area contributed by atoms with E-state index < -0.39 is 11.6 Å². The van der Waals surface area contributed by atoms with Gasteiger partial charge in [0.15, 0.2) is 11.6 Å². The van der Waals surface area contributed by atoms with Crippen molar-refractivity contribution in [3.05, 3.63) is 36.0 Å². The van der Waals surface area contributed by atoms with E-state index >= 15 is 0 Å². The van der Waals surface area contributed by atoms with Gasteiger partial charge in [0.05, 0.1) is 19.0 Å². The van der Waals surface area contributed by atoms with Gasteiger partial charge in [-0.2, -0.15) is 4.98 Å². The standard InChI is InChI=1S/C11H10F2N4O/c1-18-9-4-6(12)2-3-8(9)16-10-7(13)5-15-11(14)17-10/h2-5H,1H3,(H3,14,15,16,17). The van der Waals surface area contributed by atoms with Crippen LogP contribution in [0.4, 0.5) is 26.2 Å². The van der Waals surface area contributed by atoms with Gasteiger partial charge in [-0.15, -0.1) is 0 Å². The number of nitrogen functional groups attached to an aromatic ring is 1. The molecule has 0 bridgehead atoms. The fourth-order valence-electron chi connectivity index (χ4n) is 1.36. The molecular weight excluding hydrogens is 242 g/mol. The molecule has 0 aliphatic rings. The molecule has 3 N–H and O–H groups in total. The van der Waals surface area contributed by atoms with Crippen molar-refractivity contribution in [3.63, 3.8) is 0 Å². The first-order valence-electron chi connectivity index (χ1n) is 4.98. The number of aromatic nitrogens is 2. The summed E-state index contributed by atoms with van der Waals surface area (Å²) in [5.74, 6) is -1.07. The lowest BCUT2D eigenvalue weighted by Gasteiger charge is -2.11. The van der Waals surface area contributed by atoms with Crippen LogP contribution in [-0.2, 0) is 0 Å². The van der Waals surface area contributed by atoms with E-state index in [-0.39, 0.29) is 17.5 Å². The first-order valence-corrected chi connectivity index (χ1v) is 4.98. The molecule has 1 aromatic heterocycles. The van der Waals surface area contributed by atoms with Gasteiger partial charge in [-0.25, -0.2) is 13.8 Å². The Hall–Kier alpha value is -2.44. The summed E-state index contributed by atoms with van der Waals surface area (Å²) in [5, 5.41) is 2.66. The molecule has 1 aromatic carbocycles. The number of nitrogens with zero attached hydrogens (tertiary/aromatic N) is 2. The second kappa shape index (κ2) is 4.82. The number of hydrogen-bond donors (Lipinski definition) is 2. The largest absolute Gasteiger partial charge is 0.494 e. The van der Waals surface area contributed by atoms with Crippen molar-refractivity contribution in [2.24, 2.45) is 0 Å². The van der Waals surface area contributed by atoms with Gasteiger partial charge in [-0.05, 0) is 12.1 Å². The first-order chi connectivity index (χ1) is 8.60. The number of methoxy groups -OCH3 is 1. The summed E-state index contributed by atoms with van der Waals surface area (Å²) in [7, 11) is 1.38. The van der Waals surface area contributed by atoms with Crippen LogP contribution in [0.15, 0.2) is 24.4 Å². The lowest BCUT2D eigenvalue weighted by molar-refractivity contribution is 0.413. The zero-order chi connectivity index (χ0) is 13.1. The van der Waals surface area contributed by atoms with Crippen LogP contribution in [0.1, 0.15) is 0 Å². The quantitative estimate of drug-likeness (QED) is 0.875. The van der Waals surface area contributed by atoms with Crippen LogP contribution in [-0.4, -0.2) is 17.1 Å². The molecule has 0 spiro atoms. The second-order valence-corrected chi connectivity index (χ2v) is 3.39. The zero-order valence-corrected chi connectivity index (χ0v) is 9.45. The fourth-order valence-corrected chi connectivity index (χ4v) is 1.36. The Morgan fingerprint density at radius 3 is 2.83 bits per heavy atom. The van der Waals surface area contributed by atoms with Crippen LogP contribution in [0.3, 0.4) is 0 Å². The van der Waals surface area contributed by atoms with E-state index in [2.05, 4.69) is 15.3 Å². The van der Waals surface area contributed by atoms with Crippen molar-refractivity contribution in [1.29, 1.82) is 0 Å². The van der Waals surface area contributed by atoms with Gasteiger partial charge in [-0.1, -0.05) is 0 Å². The third-order valence-corrected chi connectivity index (χ3v) is 2.18. The minimum absolute atomic E-state index is 0.0695. The molecule has 0 saturated heterocycles. The number of rotatable bonds is 3. The van der Waals surface area contributed by atoms with Gasteiger partial charge in [-0.3, -0.25) is 0 Å². The Morgan fingerprint density at radius 2 is 2.11 bits per heavy atom.